The monoisotopic (exact) mass is 266 g/mol. The molecular weight excluding hydrogens is 244 g/mol. The highest BCUT2D eigenvalue weighted by Gasteiger charge is 2.17. The molecule has 0 spiro atoms. The first kappa shape index (κ1) is 15.3. The van der Waals surface area contributed by atoms with E-state index in [-0.39, 0.29) is 12.5 Å². The zero-order chi connectivity index (χ0) is 14.3. The topological polar surface area (TPSA) is 75.8 Å². The minimum absolute atomic E-state index is 0.0889. The molecule has 0 bridgehead atoms. The molecule has 5 heteroatoms. The summed E-state index contributed by atoms with van der Waals surface area (Å²) in [5.41, 5.74) is 7.52. The summed E-state index contributed by atoms with van der Waals surface area (Å²) >= 11 is 0. The van der Waals surface area contributed by atoms with Gasteiger partial charge in [0.1, 0.15) is 0 Å². The minimum Gasteiger partial charge on any atom is -0.481 e. The smallest absolute Gasteiger partial charge is 0.305 e. The predicted octanol–water partition coefficient (Wildman–Crippen LogP) is 1.97. The lowest BCUT2D eigenvalue weighted by molar-refractivity contribution is -0.136. The van der Waals surface area contributed by atoms with E-state index < -0.39 is 5.97 Å². The van der Waals surface area contributed by atoms with Crippen molar-refractivity contribution in [2.75, 3.05) is 30.9 Å². The molecule has 0 aliphatic carbocycles. The third-order valence-corrected chi connectivity index (χ3v) is 3.08. The summed E-state index contributed by atoms with van der Waals surface area (Å²) in [5, 5.41) is 8.85. The second kappa shape index (κ2) is 7.63. The van der Waals surface area contributed by atoms with Crippen LogP contribution in [-0.4, -0.2) is 37.4 Å². The fourth-order valence-electron chi connectivity index (χ4n) is 1.99. The van der Waals surface area contributed by atoms with E-state index in [0.717, 1.165) is 12.1 Å². The summed E-state index contributed by atoms with van der Waals surface area (Å²) in [4.78, 5) is 12.8. The quantitative estimate of drug-likeness (QED) is 0.704. The summed E-state index contributed by atoms with van der Waals surface area (Å²) in [6.45, 7) is 3.12. The highest BCUT2D eigenvalue weighted by atomic mass is 16.5. The molecule has 19 heavy (non-hydrogen) atoms. The van der Waals surface area contributed by atoms with E-state index in [4.69, 9.17) is 15.6 Å². The number of nitrogens with two attached hydrogens (primary N) is 1. The lowest BCUT2D eigenvalue weighted by atomic mass is 10.1. The maximum Gasteiger partial charge on any atom is 0.305 e. The number of para-hydroxylation sites is 2. The van der Waals surface area contributed by atoms with E-state index in [2.05, 4.69) is 0 Å². The first-order chi connectivity index (χ1) is 9.06. The van der Waals surface area contributed by atoms with Crippen molar-refractivity contribution < 1.29 is 14.6 Å². The van der Waals surface area contributed by atoms with Crippen molar-refractivity contribution in [3.05, 3.63) is 24.3 Å². The van der Waals surface area contributed by atoms with Gasteiger partial charge in [-0.15, -0.1) is 0 Å². The molecule has 0 heterocycles. The summed E-state index contributed by atoms with van der Waals surface area (Å²) in [7, 11) is 1.66. The fraction of sp³-hybridized carbons (Fsp3) is 0.500. The summed E-state index contributed by atoms with van der Waals surface area (Å²) in [5.74, 6) is -0.807. The molecule has 0 saturated heterocycles. The van der Waals surface area contributed by atoms with Crippen LogP contribution in [0.25, 0.3) is 0 Å². The Hall–Kier alpha value is -1.75. The average Bonchev–Trinajstić information content (AvgIpc) is 2.38. The number of carboxylic acid groups (broad SMARTS) is 1. The number of hydrogen-bond donors (Lipinski definition) is 2. The van der Waals surface area contributed by atoms with Crippen molar-refractivity contribution in [1.29, 1.82) is 0 Å². The normalized spacial score (nSPS) is 12.1. The molecule has 0 amide bonds. The van der Waals surface area contributed by atoms with Crippen LogP contribution in [0.4, 0.5) is 11.4 Å². The van der Waals surface area contributed by atoms with Gasteiger partial charge in [-0.05, 0) is 25.5 Å². The average molecular weight is 266 g/mol. The Morgan fingerprint density at radius 2 is 2.16 bits per heavy atom. The summed E-state index contributed by atoms with van der Waals surface area (Å²) < 4.78 is 5.08. The molecule has 106 valence electrons. The Morgan fingerprint density at radius 3 is 2.74 bits per heavy atom. The molecule has 1 rings (SSSR count). The maximum absolute atomic E-state index is 10.8. The zero-order valence-electron chi connectivity index (χ0n) is 11.5. The van der Waals surface area contributed by atoms with Gasteiger partial charge in [-0.1, -0.05) is 12.1 Å². The second-order valence-electron chi connectivity index (χ2n) is 4.53. The highest BCUT2D eigenvalue weighted by Crippen LogP contribution is 2.25. The number of methoxy groups -OCH3 is 1. The first-order valence-corrected chi connectivity index (χ1v) is 6.38. The Labute approximate surface area is 114 Å². The minimum atomic E-state index is -0.807. The number of anilines is 2. The Morgan fingerprint density at radius 1 is 1.47 bits per heavy atom. The molecule has 0 saturated carbocycles. The van der Waals surface area contributed by atoms with Crippen molar-refractivity contribution in [2.45, 2.75) is 25.8 Å². The van der Waals surface area contributed by atoms with E-state index in [1.165, 1.54) is 0 Å². The summed E-state index contributed by atoms with van der Waals surface area (Å²) in [6.07, 6.45) is 0.913. The molecule has 0 aliphatic heterocycles. The third kappa shape index (κ3) is 4.79. The van der Waals surface area contributed by atoms with Gasteiger partial charge in [0.05, 0.1) is 17.8 Å². The van der Waals surface area contributed by atoms with E-state index >= 15 is 0 Å². The number of aliphatic carboxylic acids is 1. The maximum atomic E-state index is 10.8. The molecule has 5 nitrogen and oxygen atoms in total. The van der Waals surface area contributed by atoms with Gasteiger partial charge in [0.15, 0.2) is 0 Å². The Bertz CT molecular complexity index is 409. The van der Waals surface area contributed by atoms with E-state index in [0.29, 0.717) is 18.8 Å². The van der Waals surface area contributed by atoms with E-state index in [1.807, 2.05) is 36.1 Å². The van der Waals surface area contributed by atoms with Crippen LogP contribution in [-0.2, 0) is 9.53 Å². The number of nitrogens with zero attached hydrogens (tertiary/aromatic N) is 1. The Balaban J connectivity index is 2.85. The molecule has 1 unspecified atom stereocenters. The van der Waals surface area contributed by atoms with Crippen molar-refractivity contribution in [1.82, 2.24) is 0 Å². The van der Waals surface area contributed by atoms with Gasteiger partial charge >= 0.3 is 5.97 Å². The lowest BCUT2D eigenvalue weighted by Crippen LogP contribution is -2.36. The number of ether oxygens (including phenoxy) is 1. The predicted molar refractivity (Wildman–Crippen MR) is 76.4 cm³/mol. The van der Waals surface area contributed by atoms with Crippen LogP contribution in [0.15, 0.2) is 24.3 Å². The molecule has 1 aromatic carbocycles. The van der Waals surface area contributed by atoms with Crippen LogP contribution in [0, 0.1) is 0 Å². The molecular formula is C14H22N2O3. The number of benzene rings is 1. The largest absolute Gasteiger partial charge is 0.481 e. The summed E-state index contributed by atoms with van der Waals surface area (Å²) in [6, 6.07) is 7.69. The van der Waals surface area contributed by atoms with E-state index in [9.17, 15) is 4.79 Å². The molecule has 3 N–H and O–H groups in total. The van der Waals surface area contributed by atoms with Gasteiger partial charge in [0.2, 0.25) is 0 Å². The van der Waals surface area contributed by atoms with Crippen LogP contribution in [0.3, 0.4) is 0 Å². The van der Waals surface area contributed by atoms with Crippen LogP contribution >= 0.6 is 0 Å². The SMILES string of the molecule is COCCC(C)N(CCC(=O)O)c1ccccc1N. The van der Waals surface area contributed by atoms with Gasteiger partial charge in [-0.3, -0.25) is 4.79 Å². The number of hydrogen-bond acceptors (Lipinski definition) is 4. The molecule has 0 aromatic heterocycles. The molecule has 1 aromatic rings. The first-order valence-electron chi connectivity index (χ1n) is 6.38. The molecule has 1 atom stereocenters. The number of carbonyl (C=O) groups is 1. The van der Waals surface area contributed by atoms with Crippen LogP contribution in [0.5, 0.6) is 0 Å². The fourth-order valence-corrected chi connectivity index (χ4v) is 1.99. The van der Waals surface area contributed by atoms with Gasteiger partial charge in [0, 0.05) is 26.3 Å². The van der Waals surface area contributed by atoms with E-state index in [1.54, 1.807) is 7.11 Å². The number of carboxylic acids is 1. The molecule has 0 fully saturated rings. The second-order valence-corrected chi connectivity index (χ2v) is 4.53. The van der Waals surface area contributed by atoms with Gasteiger partial charge < -0.3 is 20.5 Å². The van der Waals surface area contributed by atoms with Crippen molar-refractivity contribution in [3.8, 4) is 0 Å². The van der Waals surface area contributed by atoms with Crippen molar-refractivity contribution in [2.24, 2.45) is 0 Å². The van der Waals surface area contributed by atoms with Gasteiger partial charge in [-0.2, -0.15) is 0 Å². The van der Waals surface area contributed by atoms with Crippen LogP contribution in [0.2, 0.25) is 0 Å². The zero-order valence-corrected chi connectivity index (χ0v) is 11.5. The molecule has 0 radical (unpaired) electrons. The van der Waals surface area contributed by atoms with Crippen molar-refractivity contribution in [3.63, 3.8) is 0 Å². The lowest BCUT2D eigenvalue weighted by Gasteiger charge is -2.32. The molecule has 0 aliphatic rings. The number of rotatable bonds is 8. The number of nitrogen functional groups attached to an aromatic ring is 1. The Kier molecular flexibility index (Phi) is 6.15. The van der Waals surface area contributed by atoms with Crippen molar-refractivity contribution >= 4 is 17.3 Å². The highest BCUT2D eigenvalue weighted by molar-refractivity contribution is 5.70. The standard InChI is InChI=1S/C14H22N2O3/c1-11(8-10-19-2)16(9-7-14(17)18)13-6-4-3-5-12(13)15/h3-6,11H,7-10,15H2,1-2H3,(H,17,18). The van der Waals surface area contributed by atoms with Crippen LogP contribution in [0.1, 0.15) is 19.8 Å². The third-order valence-electron chi connectivity index (χ3n) is 3.08. The van der Waals surface area contributed by atoms with Gasteiger partial charge in [-0.25, -0.2) is 0 Å². The van der Waals surface area contributed by atoms with Gasteiger partial charge in [0.25, 0.3) is 0 Å². The van der Waals surface area contributed by atoms with Crippen LogP contribution < -0.4 is 10.6 Å².